The highest BCUT2D eigenvalue weighted by molar-refractivity contribution is 7.47. The lowest BCUT2D eigenvalue weighted by atomic mass is 10.0. The Morgan fingerprint density at radius 1 is 0.317 bits per heavy atom. The fourth-order valence-electron chi connectivity index (χ4n) is 11.8. The number of esters is 2. The summed E-state index contributed by atoms with van der Waals surface area (Å²) < 4.78 is 33.2. The minimum Gasteiger partial charge on any atom is -0.462 e. The number of phosphoric acid groups is 1. The summed E-state index contributed by atoms with van der Waals surface area (Å²) in [7, 11) is -4.39. The topological polar surface area (TPSA) is 134 Å². The number of ether oxygens (including phenoxy) is 2. The molecule has 0 rings (SSSR count). The van der Waals surface area contributed by atoms with Gasteiger partial charge in [0.15, 0.2) is 6.10 Å². The van der Waals surface area contributed by atoms with E-state index in [-0.39, 0.29) is 32.1 Å². The van der Waals surface area contributed by atoms with Crippen LogP contribution in [0.3, 0.4) is 0 Å². The molecule has 0 bridgehead atoms. The van der Waals surface area contributed by atoms with Gasteiger partial charge in [0.25, 0.3) is 0 Å². The second-order valence-electron chi connectivity index (χ2n) is 25.5. The molecule has 2 atom stereocenters. The summed E-state index contributed by atoms with van der Waals surface area (Å²) in [6.07, 6.45) is 82.4. The molecule has 0 aromatic carbocycles. The maximum atomic E-state index is 12.8. The molecule has 490 valence electrons. The van der Waals surface area contributed by atoms with E-state index in [1.165, 1.54) is 353 Å². The fraction of sp³-hybridized carbons (Fsp3) is 0.972. The van der Waals surface area contributed by atoms with Gasteiger partial charge in [-0.1, -0.05) is 393 Å². The van der Waals surface area contributed by atoms with Crippen LogP contribution in [-0.4, -0.2) is 49.3 Å². The van der Waals surface area contributed by atoms with Crippen LogP contribution < -0.4 is 5.73 Å². The molecule has 0 radical (unpaired) electrons. The second kappa shape index (κ2) is 69.1. The van der Waals surface area contributed by atoms with Crippen molar-refractivity contribution in [2.45, 2.75) is 424 Å². The van der Waals surface area contributed by atoms with Gasteiger partial charge in [-0.25, -0.2) is 4.57 Å². The van der Waals surface area contributed by atoms with E-state index in [9.17, 15) is 19.0 Å². The SMILES string of the molecule is CCCCCCCCCCCCCCCCCCCCCCCCCCCCCCCCCCCCCCCCCCC(=O)OC(COC(=O)CCCCCCCCCCCCCCCCCCCCCCC)COP(=O)(O)OCCN. The van der Waals surface area contributed by atoms with Gasteiger partial charge in [-0.2, -0.15) is 0 Å². The largest absolute Gasteiger partial charge is 0.472 e. The van der Waals surface area contributed by atoms with Crippen LogP contribution in [-0.2, 0) is 32.7 Å². The van der Waals surface area contributed by atoms with E-state index in [4.69, 9.17) is 24.3 Å². The van der Waals surface area contributed by atoms with Gasteiger partial charge < -0.3 is 20.1 Å². The minimum atomic E-state index is -4.39. The van der Waals surface area contributed by atoms with E-state index < -0.39 is 26.5 Å². The molecule has 0 fully saturated rings. The molecule has 2 unspecified atom stereocenters. The number of nitrogens with two attached hydrogens (primary N) is 1. The molecule has 0 spiro atoms. The van der Waals surface area contributed by atoms with E-state index in [1.54, 1.807) is 0 Å². The van der Waals surface area contributed by atoms with Crippen molar-refractivity contribution in [1.82, 2.24) is 0 Å². The maximum Gasteiger partial charge on any atom is 0.472 e. The Labute approximate surface area is 511 Å². The summed E-state index contributed by atoms with van der Waals surface area (Å²) in [4.78, 5) is 35.3. The quantitative estimate of drug-likeness (QED) is 0.0347. The van der Waals surface area contributed by atoms with Crippen molar-refractivity contribution >= 4 is 19.8 Å². The summed E-state index contributed by atoms with van der Waals surface area (Å²) in [5, 5.41) is 0. The van der Waals surface area contributed by atoms with Crippen molar-refractivity contribution in [2.75, 3.05) is 26.4 Å². The van der Waals surface area contributed by atoms with Crippen LogP contribution in [0.4, 0.5) is 0 Å². The molecule has 10 heteroatoms. The lowest BCUT2D eigenvalue weighted by Crippen LogP contribution is -2.29. The van der Waals surface area contributed by atoms with E-state index in [1.807, 2.05) is 0 Å². The van der Waals surface area contributed by atoms with Gasteiger partial charge in [0.05, 0.1) is 13.2 Å². The molecule has 0 aromatic heterocycles. The van der Waals surface area contributed by atoms with Crippen molar-refractivity contribution < 1.29 is 37.6 Å². The highest BCUT2D eigenvalue weighted by Crippen LogP contribution is 2.43. The van der Waals surface area contributed by atoms with Gasteiger partial charge in [-0.3, -0.25) is 18.6 Å². The van der Waals surface area contributed by atoms with Crippen LogP contribution in [0.25, 0.3) is 0 Å². The van der Waals surface area contributed by atoms with Gasteiger partial charge in [-0.15, -0.1) is 0 Å². The Morgan fingerprint density at radius 2 is 0.524 bits per heavy atom. The lowest BCUT2D eigenvalue weighted by molar-refractivity contribution is -0.161. The van der Waals surface area contributed by atoms with Crippen LogP contribution in [0.5, 0.6) is 0 Å². The van der Waals surface area contributed by atoms with Gasteiger partial charge in [0.2, 0.25) is 0 Å². The Bertz CT molecular complexity index is 1300. The zero-order chi connectivity index (χ0) is 59.4. The van der Waals surface area contributed by atoms with Gasteiger partial charge in [0, 0.05) is 19.4 Å². The molecule has 0 aliphatic heterocycles. The minimum absolute atomic E-state index is 0.0588. The molecule has 0 heterocycles. The van der Waals surface area contributed by atoms with E-state index in [2.05, 4.69) is 13.8 Å². The van der Waals surface area contributed by atoms with Crippen molar-refractivity contribution in [1.29, 1.82) is 0 Å². The first-order valence-electron chi connectivity index (χ1n) is 37.0. The second-order valence-corrected chi connectivity index (χ2v) is 27.0. The Morgan fingerprint density at radius 3 is 0.744 bits per heavy atom. The number of carbonyl (C=O) groups is 2. The molecule has 0 aromatic rings. The molecular weight excluding hydrogens is 1040 g/mol. The molecule has 3 N–H and O–H groups in total. The zero-order valence-corrected chi connectivity index (χ0v) is 56.2. The predicted molar refractivity (Wildman–Crippen MR) is 354 cm³/mol. The average Bonchev–Trinajstić information content (AvgIpc) is 3.49. The van der Waals surface area contributed by atoms with Gasteiger partial charge in [0.1, 0.15) is 6.61 Å². The number of unbranched alkanes of at least 4 members (excludes halogenated alkanes) is 59. The van der Waals surface area contributed by atoms with E-state index >= 15 is 0 Å². The van der Waals surface area contributed by atoms with Crippen molar-refractivity contribution in [3.63, 3.8) is 0 Å². The smallest absolute Gasteiger partial charge is 0.462 e. The molecule has 0 aliphatic carbocycles. The normalized spacial score (nSPS) is 12.8. The predicted octanol–water partition coefficient (Wildman–Crippen LogP) is 24.1. The molecule has 0 amide bonds. The van der Waals surface area contributed by atoms with Crippen molar-refractivity contribution in [3.05, 3.63) is 0 Å². The van der Waals surface area contributed by atoms with Crippen molar-refractivity contribution in [3.8, 4) is 0 Å². The van der Waals surface area contributed by atoms with Crippen LogP contribution in [0.15, 0.2) is 0 Å². The monoisotopic (exact) mass is 1180 g/mol. The molecule has 0 saturated heterocycles. The van der Waals surface area contributed by atoms with E-state index in [0.717, 1.165) is 32.1 Å². The van der Waals surface area contributed by atoms with Crippen LogP contribution in [0, 0.1) is 0 Å². The zero-order valence-electron chi connectivity index (χ0n) is 55.3. The Hall–Kier alpha value is -0.990. The van der Waals surface area contributed by atoms with Gasteiger partial charge in [-0.05, 0) is 12.8 Å². The summed E-state index contributed by atoms with van der Waals surface area (Å²) in [5.74, 6) is -0.797. The van der Waals surface area contributed by atoms with Gasteiger partial charge >= 0.3 is 19.8 Å². The standard InChI is InChI=1S/C72H144NO8P/c1-3-5-7-9-11-13-15-17-19-21-23-25-26-27-28-29-30-31-32-33-34-35-36-37-38-39-40-41-42-43-45-47-49-51-53-55-57-59-61-63-65-72(75)81-70(69-80-82(76,77)79-67-66-73)68-78-71(74)64-62-60-58-56-54-52-50-48-46-44-24-22-20-18-16-14-12-10-8-6-4-2/h70H,3-69,73H2,1-2H3,(H,76,77). The molecule has 0 saturated carbocycles. The van der Waals surface area contributed by atoms with E-state index in [0.29, 0.717) is 12.8 Å². The third-order valence-corrected chi connectivity index (χ3v) is 18.2. The maximum absolute atomic E-state index is 12.8. The fourth-order valence-corrected chi connectivity index (χ4v) is 12.5. The third kappa shape index (κ3) is 68.1. The number of hydrogen-bond acceptors (Lipinski definition) is 8. The highest BCUT2D eigenvalue weighted by Gasteiger charge is 2.26. The highest BCUT2D eigenvalue weighted by atomic mass is 31.2. The first kappa shape index (κ1) is 81.0. The Kier molecular flexibility index (Phi) is 68.3. The van der Waals surface area contributed by atoms with Crippen LogP contribution >= 0.6 is 7.82 Å². The first-order valence-corrected chi connectivity index (χ1v) is 38.5. The summed E-state index contributed by atoms with van der Waals surface area (Å²) in [6.45, 7) is 3.85. The summed E-state index contributed by atoms with van der Waals surface area (Å²) in [5.41, 5.74) is 5.40. The number of phosphoric ester groups is 1. The summed E-state index contributed by atoms with van der Waals surface area (Å²) in [6, 6.07) is 0. The third-order valence-electron chi connectivity index (χ3n) is 17.2. The number of carbonyl (C=O) groups excluding carboxylic acids is 2. The van der Waals surface area contributed by atoms with Crippen LogP contribution in [0.1, 0.15) is 418 Å². The molecular formula is C72H144NO8P. The molecule has 9 nitrogen and oxygen atoms in total. The molecule has 82 heavy (non-hydrogen) atoms. The Balaban J connectivity index is 3.70. The molecule has 0 aliphatic rings. The lowest BCUT2D eigenvalue weighted by Gasteiger charge is -2.19. The number of rotatable bonds is 72. The van der Waals surface area contributed by atoms with Crippen LogP contribution in [0.2, 0.25) is 0 Å². The average molecular weight is 1180 g/mol. The van der Waals surface area contributed by atoms with Crippen molar-refractivity contribution in [2.24, 2.45) is 5.73 Å². The number of hydrogen-bond donors (Lipinski definition) is 2. The summed E-state index contributed by atoms with van der Waals surface area (Å²) >= 11 is 0. The first-order chi connectivity index (χ1) is 40.3.